The lowest BCUT2D eigenvalue weighted by Gasteiger charge is -2.40. The zero-order valence-corrected chi connectivity index (χ0v) is 20.3. The van der Waals surface area contributed by atoms with Gasteiger partial charge >= 0.3 is 0 Å². The van der Waals surface area contributed by atoms with Crippen LogP contribution in [-0.4, -0.2) is 58.4 Å². The van der Waals surface area contributed by atoms with Crippen LogP contribution in [0.3, 0.4) is 0 Å². The lowest BCUT2D eigenvalue weighted by Crippen LogP contribution is -2.48. The number of nitrogens with zero attached hydrogens (tertiary/aromatic N) is 6. The van der Waals surface area contributed by atoms with Crippen molar-refractivity contribution in [2.75, 3.05) is 38.2 Å². The summed E-state index contributed by atoms with van der Waals surface area (Å²) in [4.78, 5) is 4.99. The third kappa shape index (κ3) is 4.89. The summed E-state index contributed by atoms with van der Waals surface area (Å²) in [6, 6.07) is 15.2. The Labute approximate surface area is 196 Å². The van der Waals surface area contributed by atoms with E-state index in [2.05, 4.69) is 83.4 Å². The Bertz CT molecular complexity index is 1010. The molecule has 1 fully saturated rings. The third-order valence-corrected chi connectivity index (χ3v) is 6.07. The van der Waals surface area contributed by atoms with E-state index in [1.54, 1.807) is 7.11 Å². The number of hydrogen-bond acceptors (Lipinski definition) is 6. The summed E-state index contributed by atoms with van der Waals surface area (Å²) in [6.45, 7) is 12.4. The topological polar surface area (TPSA) is 59.3 Å². The minimum absolute atomic E-state index is 0. The highest BCUT2D eigenvalue weighted by Crippen LogP contribution is 2.32. The molecule has 1 aliphatic heterocycles. The fourth-order valence-electron chi connectivity index (χ4n) is 4.34. The van der Waals surface area contributed by atoms with Crippen molar-refractivity contribution in [2.45, 2.75) is 39.8 Å². The van der Waals surface area contributed by atoms with Gasteiger partial charge in [-0.1, -0.05) is 24.3 Å². The molecule has 1 saturated heterocycles. The standard InChI is InChI=1S/C24H32N6O.ClH/c1-17(2)30-24(25-26-27-30)23(20-8-10-21(31-5)11-9-20)29-14-12-28(13-15-29)22-16-18(3)6-7-19(22)4;/h6-11,16-17,23H,12-15H2,1-5H3;1H. The van der Waals surface area contributed by atoms with Crippen molar-refractivity contribution in [1.29, 1.82) is 0 Å². The van der Waals surface area contributed by atoms with Gasteiger partial charge in [-0.05, 0) is 73.0 Å². The number of aromatic nitrogens is 4. The Morgan fingerprint density at radius 1 is 0.938 bits per heavy atom. The number of hydrogen-bond donors (Lipinski definition) is 0. The van der Waals surface area contributed by atoms with E-state index in [1.807, 2.05) is 16.8 Å². The Kier molecular flexibility index (Phi) is 7.74. The first kappa shape index (κ1) is 24.0. The number of anilines is 1. The van der Waals surface area contributed by atoms with Crippen LogP contribution in [0.25, 0.3) is 0 Å². The summed E-state index contributed by atoms with van der Waals surface area (Å²) in [7, 11) is 1.69. The maximum atomic E-state index is 5.37. The van der Waals surface area contributed by atoms with E-state index < -0.39 is 0 Å². The summed E-state index contributed by atoms with van der Waals surface area (Å²) in [5.74, 6) is 1.74. The summed E-state index contributed by atoms with van der Waals surface area (Å²) >= 11 is 0. The van der Waals surface area contributed by atoms with Gasteiger partial charge in [0.05, 0.1) is 19.2 Å². The van der Waals surface area contributed by atoms with E-state index >= 15 is 0 Å². The number of ether oxygens (including phenoxy) is 1. The van der Waals surface area contributed by atoms with Crippen LogP contribution in [0.4, 0.5) is 5.69 Å². The zero-order valence-electron chi connectivity index (χ0n) is 19.5. The molecule has 2 heterocycles. The molecule has 2 aromatic carbocycles. The number of tetrazole rings is 1. The second-order valence-corrected chi connectivity index (χ2v) is 8.56. The van der Waals surface area contributed by atoms with Gasteiger partial charge in [0.2, 0.25) is 0 Å². The van der Waals surface area contributed by atoms with Gasteiger partial charge in [0.25, 0.3) is 0 Å². The van der Waals surface area contributed by atoms with Crippen LogP contribution < -0.4 is 9.64 Å². The van der Waals surface area contributed by atoms with Crippen LogP contribution in [-0.2, 0) is 0 Å². The number of benzene rings is 2. The first-order valence-corrected chi connectivity index (χ1v) is 11.0. The molecule has 0 aliphatic carbocycles. The Hall–Kier alpha value is -2.64. The predicted octanol–water partition coefficient (Wildman–Crippen LogP) is 4.21. The van der Waals surface area contributed by atoms with Crippen molar-refractivity contribution in [3.63, 3.8) is 0 Å². The number of halogens is 1. The molecule has 32 heavy (non-hydrogen) atoms. The molecule has 0 spiro atoms. The molecule has 1 aromatic heterocycles. The molecule has 3 aromatic rings. The predicted molar refractivity (Wildman–Crippen MR) is 130 cm³/mol. The number of aryl methyl sites for hydroxylation is 2. The van der Waals surface area contributed by atoms with Gasteiger partial charge < -0.3 is 9.64 Å². The van der Waals surface area contributed by atoms with Crippen LogP contribution in [0, 0.1) is 13.8 Å². The van der Waals surface area contributed by atoms with Crippen LogP contribution in [0.5, 0.6) is 5.75 Å². The van der Waals surface area contributed by atoms with Crippen LogP contribution in [0.2, 0.25) is 0 Å². The molecule has 7 nitrogen and oxygen atoms in total. The Balaban J connectivity index is 0.00000289. The molecule has 1 aliphatic rings. The van der Waals surface area contributed by atoms with Gasteiger partial charge in [-0.3, -0.25) is 4.90 Å². The summed E-state index contributed by atoms with van der Waals surface area (Å²) < 4.78 is 7.30. The largest absolute Gasteiger partial charge is 0.497 e. The summed E-state index contributed by atoms with van der Waals surface area (Å²) in [5.41, 5.74) is 5.15. The average Bonchev–Trinajstić information content (AvgIpc) is 3.26. The van der Waals surface area contributed by atoms with Crippen molar-refractivity contribution in [3.05, 3.63) is 65.0 Å². The minimum Gasteiger partial charge on any atom is -0.497 e. The highest BCUT2D eigenvalue weighted by molar-refractivity contribution is 5.85. The smallest absolute Gasteiger partial charge is 0.173 e. The van der Waals surface area contributed by atoms with E-state index in [0.717, 1.165) is 37.8 Å². The number of rotatable bonds is 6. The first-order valence-electron chi connectivity index (χ1n) is 11.0. The lowest BCUT2D eigenvalue weighted by molar-refractivity contribution is 0.199. The van der Waals surface area contributed by atoms with Crippen LogP contribution >= 0.6 is 12.4 Å². The molecule has 0 radical (unpaired) electrons. The SMILES string of the molecule is COc1ccc(C(c2nnnn2C(C)C)N2CCN(c3cc(C)ccc3C)CC2)cc1.Cl. The average molecular weight is 457 g/mol. The molecule has 0 bridgehead atoms. The molecular weight excluding hydrogens is 424 g/mol. The normalized spacial score (nSPS) is 15.5. The summed E-state index contributed by atoms with van der Waals surface area (Å²) in [6.07, 6.45) is 0. The molecule has 8 heteroatoms. The fraction of sp³-hybridized carbons (Fsp3) is 0.458. The van der Waals surface area contributed by atoms with Gasteiger partial charge in [-0.15, -0.1) is 17.5 Å². The molecule has 172 valence electrons. The number of methoxy groups -OCH3 is 1. The molecule has 0 N–H and O–H groups in total. The highest BCUT2D eigenvalue weighted by atomic mass is 35.5. The Morgan fingerprint density at radius 2 is 1.62 bits per heavy atom. The quantitative estimate of drug-likeness (QED) is 0.553. The van der Waals surface area contributed by atoms with Crippen molar-refractivity contribution >= 4 is 18.1 Å². The summed E-state index contributed by atoms with van der Waals surface area (Å²) in [5, 5.41) is 12.7. The maximum Gasteiger partial charge on any atom is 0.173 e. The third-order valence-electron chi connectivity index (χ3n) is 6.07. The molecule has 0 saturated carbocycles. The minimum atomic E-state index is 0. The maximum absolute atomic E-state index is 5.37. The Morgan fingerprint density at radius 3 is 2.25 bits per heavy atom. The second-order valence-electron chi connectivity index (χ2n) is 8.56. The zero-order chi connectivity index (χ0) is 22.0. The van der Waals surface area contributed by atoms with Crippen molar-refractivity contribution in [3.8, 4) is 5.75 Å². The van der Waals surface area contributed by atoms with Gasteiger partial charge in [0, 0.05) is 31.9 Å². The lowest BCUT2D eigenvalue weighted by atomic mass is 10.0. The van der Waals surface area contributed by atoms with Crippen molar-refractivity contribution in [2.24, 2.45) is 0 Å². The molecular formula is C24H33ClN6O. The molecule has 1 unspecified atom stereocenters. The van der Waals surface area contributed by atoms with E-state index in [-0.39, 0.29) is 24.5 Å². The van der Waals surface area contributed by atoms with Crippen molar-refractivity contribution < 1.29 is 4.74 Å². The van der Waals surface area contributed by atoms with E-state index in [4.69, 9.17) is 4.74 Å². The van der Waals surface area contributed by atoms with E-state index in [9.17, 15) is 0 Å². The van der Waals surface area contributed by atoms with Crippen LogP contribution in [0.1, 0.15) is 48.4 Å². The fourth-order valence-corrected chi connectivity index (χ4v) is 4.34. The second kappa shape index (κ2) is 10.3. The molecule has 1 atom stereocenters. The van der Waals surface area contributed by atoms with Gasteiger partial charge in [0.1, 0.15) is 5.75 Å². The monoisotopic (exact) mass is 456 g/mol. The van der Waals surface area contributed by atoms with Gasteiger partial charge in [0.15, 0.2) is 5.82 Å². The van der Waals surface area contributed by atoms with Crippen molar-refractivity contribution in [1.82, 2.24) is 25.1 Å². The van der Waals surface area contributed by atoms with Gasteiger partial charge in [-0.2, -0.15) is 0 Å². The van der Waals surface area contributed by atoms with Gasteiger partial charge in [-0.25, -0.2) is 4.68 Å². The highest BCUT2D eigenvalue weighted by Gasteiger charge is 2.31. The molecule has 0 amide bonds. The first-order chi connectivity index (χ1) is 15.0. The van der Waals surface area contributed by atoms with E-state index in [1.165, 1.54) is 22.4 Å². The molecule has 4 rings (SSSR count). The van der Waals surface area contributed by atoms with E-state index in [0.29, 0.717) is 0 Å². The van der Waals surface area contributed by atoms with Crippen LogP contribution in [0.15, 0.2) is 42.5 Å². The number of piperazine rings is 1.